The van der Waals surface area contributed by atoms with E-state index in [0.29, 0.717) is 0 Å². The molecule has 1 amide bonds. The standard InChI is InChI=1S/C8H8BrFN2O3S/c1-5(13)11-16(14,15)12-8-6(9)3-2-4-7(8)10/h2-4,12H,1H3,(H,11,13). The van der Waals surface area contributed by atoms with Crippen LogP contribution in [0, 0.1) is 5.82 Å². The van der Waals surface area contributed by atoms with Crippen molar-refractivity contribution in [2.45, 2.75) is 6.92 Å². The summed E-state index contributed by atoms with van der Waals surface area (Å²) in [5.74, 6) is -1.51. The number of anilines is 1. The average Bonchev–Trinajstić information content (AvgIpc) is 2.09. The van der Waals surface area contributed by atoms with Crippen molar-refractivity contribution < 1.29 is 17.6 Å². The van der Waals surface area contributed by atoms with E-state index in [-0.39, 0.29) is 10.2 Å². The summed E-state index contributed by atoms with van der Waals surface area (Å²) in [6.07, 6.45) is 0. The lowest BCUT2D eigenvalue weighted by Crippen LogP contribution is -2.33. The van der Waals surface area contributed by atoms with Crippen LogP contribution < -0.4 is 9.44 Å². The van der Waals surface area contributed by atoms with Crippen molar-refractivity contribution in [2.75, 3.05) is 4.72 Å². The average molecular weight is 311 g/mol. The Labute approximate surface area is 100 Å². The first-order valence-electron chi connectivity index (χ1n) is 4.07. The molecule has 2 N–H and O–H groups in total. The highest BCUT2D eigenvalue weighted by Crippen LogP contribution is 2.25. The van der Waals surface area contributed by atoms with Crippen LogP contribution in [0.1, 0.15) is 6.92 Å². The third-order valence-electron chi connectivity index (χ3n) is 1.48. The van der Waals surface area contributed by atoms with E-state index in [0.717, 1.165) is 13.0 Å². The monoisotopic (exact) mass is 310 g/mol. The van der Waals surface area contributed by atoms with E-state index in [1.165, 1.54) is 12.1 Å². The number of hydrogen-bond donors (Lipinski definition) is 2. The van der Waals surface area contributed by atoms with Crippen molar-refractivity contribution in [1.82, 2.24) is 4.72 Å². The molecule has 0 saturated carbocycles. The predicted molar refractivity (Wildman–Crippen MR) is 60.5 cm³/mol. The third kappa shape index (κ3) is 3.46. The molecule has 0 fully saturated rings. The van der Waals surface area contributed by atoms with Crippen molar-refractivity contribution in [1.29, 1.82) is 0 Å². The Kier molecular flexibility index (Phi) is 3.87. The van der Waals surface area contributed by atoms with Gasteiger partial charge in [-0.15, -0.1) is 0 Å². The van der Waals surface area contributed by atoms with Crippen LogP contribution in [0.3, 0.4) is 0 Å². The Balaban J connectivity index is 3.01. The number of halogens is 2. The summed E-state index contributed by atoms with van der Waals surface area (Å²) in [5, 5.41) is 0. The highest BCUT2D eigenvalue weighted by Gasteiger charge is 2.15. The van der Waals surface area contributed by atoms with Crippen LogP contribution in [-0.4, -0.2) is 14.3 Å². The van der Waals surface area contributed by atoms with Crippen LogP contribution in [0.4, 0.5) is 10.1 Å². The van der Waals surface area contributed by atoms with Crippen molar-refractivity contribution in [2.24, 2.45) is 0 Å². The second kappa shape index (κ2) is 4.79. The highest BCUT2D eigenvalue weighted by atomic mass is 79.9. The lowest BCUT2D eigenvalue weighted by atomic mass is 10.3. The molecule has 0 aliphatic heterocycles. The van der Waals surface area contributed by atoms with Crippen molar-refractivity contribution in [3.05, 3.63) is 28.5 Å². The fraction of sp³-hybridized carbons (Fsp3) is 0.125. The van der Waals surface area contributed by atoms with Crippen LogP contribution in [-0.2, 0) is 15.0 Å². The first-order chi connectivity index (χ1) is 7.32. The minimum Gasteiger partial charge on any atom is -0.274 e. The maximum atomic E-state index is 13.2. The molecule has 0 heterocycles. The van der Waals surface area contributed by atoms with E-state index < -0.39 is 21.9 Å². The molecule has 0 saturated heterocycles. The number of nitrogens with one attached hydrogen (secondary N) is 2. The van der Waals surface area contributed by atoms with Crippen molar-refractivity contribution in [3.8, 4) is 0 Å². The zero-order valence-corrected chi connectivity index (χ0v) is 10.5. The van der Waals surface area contributed by atoms with E-state index in [4.69, 9.17) is 0 Å². The van der Waals surface area contributed by atoms with Crippen LogP contribution in [0.5, 0.6) is 0 Å². The van der Waals surface area contributed by atoms with Crippen molar-refractivity contribution >= 4 is 37.7 Å². The van der Waals surface area contributed by atoms with Crippen LogP contribution >= 0.6 is 15.9 Å². The van der Waals surface area contributed by atoms with E-state index in [9.17, 15) is 17.6 Å². The number of hydrogen-bond acceptors (Lipinski definition) is 3. The number of benzene rings is 1. The van der Waals surface area contributed by atoms with E-state index >= 15 is 0 Å². The van der Waals surface area contributed by atoms with Gasteiger partial charge in [-0.1, -0.05) is 6.07 Å². The second-order valence-electron chi connectivity index (χ2n) is 2.86. The maximum Gasteiger partial charge on any atom is 0.323 e. The Morgan fingerprint density at radius 2 is 2.06 bits per heavy atom. The fourth-order valence-electron chi connectivity index (χ4n) is 0.944. The third-order valence-corrected chi connectivity index (χ3v) is 3.17. The van der Waals surface area contributed by atoms with E-state index in [1.807, 2.05) is 4.72 Å². The van der Waals surface area contributed by atoms with Gasteiger partial charge in [0.25, 0.3) is 0 Å². The van der Waals surface area contributed by atoms with Crippen molar-refractivity contribution in [3.63, 3.8) is 0 Å². The smallest absolute Gasteiger partial charge is 0.274 e. The van der Waals surface area contributed by atoms with Crippen LogP contribution in [0.2, 0.25) is 0 Å². The lowest BCUT2D eigenvalue weighted by Gasteiger charge is -2.10. The Morgan fingerprint density at radius 3 is 2.56 bits per heavy atom. The highest BCUT2D eigenvalue weighted by molar-refractivity contribution is 9.10. The van der Waals surface area contributed by atoms with Gasteiger partial charge in [0, 0.05) is 11.4 Å². The summed E-state index contributed by atoms with van der Waals surface area (Å²) in [6, 6.07) is 3.97. The largest absolute Gasteiger partial charge is 0.323 e. The molecule has 0 bridgehead atoms. The Bertz CT molecular complexity index is 498. The molecular weight excluding hydrogens is 303 g/mol. The predicted octanol–water partition coefficient (Wildman–Crippen LogP) is 1.38. The molecule has 1 aromatic rings. The number of para-hydroxylation sites is 1. The fourth-order valence-corrected chi connectivity index (χ4v) is 2.42. The van der Waals surface area contributed by atoms with Gasteiger partial charge >= 0.3 is 10.2 Å². The molecule has 8 heteroatoms. The molecular formula is C8H8BrFN2O3S. The maximum absolute atomic E-state index is 13.2. The van der Waals surface area contributed by atoms with Gasteiger partial charge in [-0.2, -0.15) is 8.42 Å². The molecule has 88 valence electrons. The minimum absolute atomic E-state index is 0.237. The summed E-state index contributed by atoms with van der Waals surface area (Å²) in [4.78, 5) is 10.6. The summed E-state index contributed by atoms with van der Waals surface area (Å²) in [7, 11) is -4.10. The normalized spacial score (nSPS) is 10.9. The molecule has 0 atom stereocenters. The van der Waals surface area contributed by atoms with Gasteiger partial charge in [-0.25, -0.2) is 9.11 Å². The molecule has 0 radical (unpaired) electrons. The second-order valence-corrected chi connectivity index (χ2v) is 5.13. The van der Waals surface area contributed by atoms with Crippen LogP contribution in [0.25, 0.3) is 0 Å². The summed E-state index contributed by atoms with van der Waals surface area (Å²) in [6.45, 7) is 1.04. The number of carbonyl (C=O) groups excluding carboxylic acids is 1. The lowest BCUT2D eigenvalue weighted by molar-refractivity contribution is -0.117. The summed E-state index contributed by atoms with van der Waals surface area (Å²) < 4.78 is 39.6. The topological polar surface area (TPSA) is 75.3 Å². The van der Waals surface area contributed by atoms with E-state index in [2.05, 4.69) is 15.9 Å². The van der Waals surface area contributed by atoms with Gasteiger partial charge in [-0.3, -0.25) is 9.52 Å². The molecule has 16 heavy (non-hydrogen) atoms. The van der Waals surface area contributed by atoms with Gasteiger partial charge in [0.1, 0.15) is 11.5 Å². The zero-order valence-electron chi connectivity index (χ0n) is 8.12. The first-order valence-corrected chi connectivity index (χ1v) is 6.34. The molecule has 0 spiro atoms. The molecule has 5 nitrogen and oxygen atoms in total. The summed E-state index contributed by atoms with van der Waals surface area (Å²) >= 11 is 2.99. The van der Waals surface area contributed by atoms with E-state index in [1.54, 1.807) is 4.72 Å². The Hall–Kier alpha value is -1.15. The molecule has 1 aromatic carbocycles. The number of amides is 1. The molecule has 0 unspecified atom stereocenters. The molecule has 1 rings (SSSR count). The zero-order chi connectivity index (χ0) is 12.3. The van der Waals surface area contributed by atoms with Gasteiger partial charge in [0.2, 0.25) is 5.91 Å². The number of carbonyl (C=O) groups is 1. The first kappa shape index (κ1) is 12.9. The minimum atomic E-state index is -4.10. The number of rotatable bonds is 3. The van der Waals surface area contributed by atoms with Gasteiger partial charge in [0.15, 0.2) is 0 Å². The quantitative estimate of drug-likeness (QED) is 0.885. The summed E-state index contributed by atoms with van der Waals surface area (Å²) in [5.41, 5.74) is -0.253. The van der Waals surface area contributed by atoms with Gasteiger partial charge in [0.05, 0.1) is 0 Å². The molecule has 0 aliphatic carbocycles. The van der Waals surface area contributed by atoms with Crippen LogP contribution in [0.15, 0.2) is 22.7 Å². The van der Waals surface area contributed by atoms with Gasteiger partial charge in [-0.05, 0) is 28.1 Å². The van der Waals surface area contributed by atoms with Gasteiger partial charge < -0.3 is 0 Å². The SMILES string of the molecule is CC(=O)NS(=O)(=O)Nc1c(F)cccc1Br. The molecule has 0 aliphatic rings. The Morgan fingerprint density at radius 1 is 1.44 bits per heavy atom. The molecule has 0 aromatic heterocycles.